The summed E-state index contributed by atoms with van der Waals surface area (Å²) < 4.78 is 0. The van der Waals surface area contributed by atoms with Gasteiger partial charge in [-0.1, -0.05) is 23.8 Å². The highest BCUT2D eigenvalue weighted by Crippen LogP contribution is 2.24. The Morgan fingerprint density at radius 2 is 2.12 bits per heavy atom. The van der Waals surface area contributed by atoms with Crippen LogP contribution in [-0.4, -0.2) is 10.5 Å². The summed E-state index contributed by atoms with van der Waals surface area (Å²) in [5.41, 5.74) is 9.31. The Kier molecular flexibility index (Phi) is 3.31. The van der Waals surface area contributed by atoms with Crippen LogP contribution in [0.1, 0.15) is 24.4 Å². The molecule has 0 aliphatic rings. The topological polar surface area (TPSA) is 38.9 Å². The van der Waals surface area contributed by atoms with Gasteiger partial charge in [0.2, 0.25) is 0 Å². The van der Waals surface area contributed by atoms with Crippen molar-refractivity contribution in [2.45, 2.75) is 32.7 Å². The lowest BCUT2D eigenvalue weighted by Crippen LogP contribution is -2.34. The third kappa shape index (κ3) is 3.38. The summed E-state index contributed by atoms with van der Waals surface area (Å²) in [5, 5.41) is 3.21. The fourth-order valence-corrected chi connectivity index (χ4v) is 2.76. The van der Waals surface area contributed by atoms with E-state index in [1.54, 1.807) is 11.3 Å². The number of rotatable bonds is 3. The van der Waals surface area contributed by atoms with E-state index >= 15 is 0 Å². The molecule has 2 nitrogen and oxygen atoms in total. The Morgan fingerprint density at radius 3 is 2.76 bits per heavy atom. The lowest BCUT2D eigenvalue weighted by molar-refractivity contribution is 0.515. The van der Waals surface area contributed by atoms with E-state index in [0.717, 1.165) is 17.1 Å². The molecule has 17 heavy (non-hydrogen) atoms. The minimum absolute atomic E-state index is 0.193. The fourth-order valence-electron chi connectivity index (χ4n) is 1.72. The summed E-state index contributed by atoms with van der Waals surface area (Å²) in [7, 11) is 0. The standard InChI is InChI=1S/C14H18N2S/c1-10-5-4-6-11(7-10)12-9-17-13(16-12)8-14(2,3)15/h4-7,9H,8,15H2,1-3H3. The first-order valence-electron chi connectivity index (χ1n) is 5.74. The largest absolute Gasteiger partial charge is 0.325 e. The molecule has 0 aliphatic heterocycles. The summed E-state index contributed by atoms with van der Waals surface area (Å²) in [6.07, 6.45) is 0.823. The van der Waals surface area contributed by atoms with E-state index in [9.17, 15) is 0 Å². The van der Waals surface area contributed by atoms with Gasteiger partial charge in [0.15, 0.2) is 0 Å². The molecule has 90 valence electrons. The Hall–Kier alpha value is -1.19. The van der Waals surface area contributed by atoms with Crippen molar-refractivity contribution in [3.05, 3.63) is 40.2 Å². The van der Waals surface area contributed by atoms with Crippen LogP contribution in [0.2, 0.25) is 0 Å². The third-order valence-corrected chi connectivity index (χ3v) is 3.32. The summed E-state index contributed by atoms with van der Waals surface area (Å²) in [6, 6.07) is 8.42. The molecule has 0 atom stereocenters. The number of aryl methyl sites for hydroxylation is 1. The van der Waals surface area contributed by atoms with Gasteiger partial charge in [-0.2, -0.15) is 0 Å². The predicted octanol–water partition coefficient (Wildman–Crippen LogP) is 3.40. The minimum atomic E-state index is -0.193. The second-order valence-corrected chi connectivity index (χ2v) is 6.10. The highest BCUT2D eigenvalue weighted by molar-refractivity contribution is 7.09. The minimum Gasteiger partial charge on any atom is -0.325 e. The number of thiazole rings is 1. The van der Waals surface area contributed by atoms with Crippen LogP contribution in [0.5, 0.6) is 0 Å². The zero-order valence-electron chi connectivity index (χ0n) is 10.5. The maximum Gasteiger partial charge on any atom is 0.0950 e. The Balaban J connectivity index is 2.24. The van der Waals surface area contributed by atoms with E-state index in [2.05, 4.69) is 41.6 Å². The van der Waals surface area contributed by atoms with Crippen molar-refractivity contribution in [3.8, 4) is 11.3 Å². The van der Waals surface area contributed by atoms with Crippen LogP contribution in [0.25, 0.3) is 11.3 Å². The lowest BCUT2D eigenvalue weighted by Gasteiger charge is -2.15. The Labute approximate surface area is 107 Å². The summed E-state index contributed by atoms with van der Waals surface area (Å²) >= 11 is 1.69. The van der Waals surface area contributed by atoms with E-state index in [0.29, 0.717) is 0 Å². The summed E-state index contributed by atoms with van der Waals surface area (Å²) in [4.78, 5) is 4.65. The first-order chi connectivity index (χ1) is 7.94. The van der Waals surface area contributed by atoms with Crippen LogP contribution in [0.15, 0.2) is 29.6 Å². The van der Waals surface area contributed by atoms with Crippen LogP contribution < -0.4 is 5.73 Å². The first-order valence-corrected chi connectivity index (χ1v) is 6.62. The smallest absolute Gasteiger partial charge is 0.0950 e. The van der Waals surface area contributed by atoms with Crippen molar-refractivity contribution < 1.29 is 0 Å². The average Bonchev–Trinajstić information content (AvgIpc) is 2.63. The van der Waals surface area contributed by atoms with Crippen molar-refractivity contribution in [1.82, 2.24) is 4.98 Å². The van der Waals surface area contributed by atoms with E-state index in [-0.39, 0.29) is 5.54 Å². The molecule has 1 aromatic heterocycles. The van der Waals surface area contributed by atoms with Gasteiger partial charge >= 0.3 is 0 Å². The van der Waals surface area contributed by atoms with Crippen LogP contribution in [0.4, 0.5) is 0 Å². The van der Waals surface area contributed by atoms with Crippen molar-refractivity contribution in [3.63, 3.8) is 0 Å². The van der Waals surface area contributed by atoms with Crippen LogP contribution in [0, 0.1) is 6.92 Å². The van der Waals surface area contributed by atoms with E-state index in [1.807, 2.05) is 13.8 Å². The Morgan fingerprint density at radius 1 is 1.35 bits per heavy atom. The van der Waals surface area contributed by atoms with Gasteiger partial charge in [-0.15, -0.1) is 11.3 Å². The maximum absolute atomic E-state index is 6.01. The molecule has 0 saturated heterocycles. The molecule has 3 heteroatoms. The lowest BCUT2D eigenvalue weighted by atomic mass is 10.0. The van der Waals surface area contributed by atoms with Crippen molar-refractivity contribution in [1.29, 1.82) is 0 Å². The maximum atomic E-state index is 6.01. The Bertz CT molecular complexity index is 509. The number of hydrogen-bond acceptors (Lipinski definition) is 3. The zero-order valence-corrected chi connectivity index (χ0v) is 11.3. The molecule has 0 radical (unpaired) electrons. The molecule has 1 heterocycles. The molecule has 0 spiro atoms. The molecule has 0 unspecified atom stereocenters. The summed E-state index contributed by atoms with van der Waals surface area (Å²) in [6.45, 7) is 6.15. The monoisotopic (exact) mass is 246 g/mol. The van der Waals surface area contributed by atoms with Crippen molar-refractivity contribution in [2.75, 3.05) is 0 Å². The molecular formula is C14H18N2S. The third-order valence-electron chi connectivity index (χ3n) is 2.47. The highest BCUT2D eigenvalue weighted by Gasteiger charge is 2.14. The SMILES string of the molecule is Cc1cccc(-c2csc(CC(C)(C)N)n2)c1. The molecule has 0 aliphatic carbocycles. The molecule has 2 N–H and O–H groups in total. The molecule has 0 bridgehead atoms. The second-order valence-electron chi connectivity index (χ2n) is 5.16. The van der Waals surface area contributed by atoms with E-state index in [1.165, 1.54) is 11.1 Å². The van der Waals surface area contributed by atoms with Gasteiger partial charge in [-0.3, -0.25) is 0 Å². The number of hydrogen-bond donors (Lipinski definition) is 1. The van der Waals surface area contributed by atoms with Gasteiger partial charge in [0.25, 0.3) is 0 Å². The predicted molar refractivity (Wildman–Crippen MR) is 74.3 cm³/mol. The van der Waals surface area contributed by atoms with Crippen molar-refractivity contribution >= 4 is 11.3 Å². The molecule has 0 amide bonds. The molecule has 2 aromatic rings. The second kappa shape index (κ2) is 4.59. The van der Waals surface area contributed by atoms with Gasteiger partial charge in [0, 0.05) is 22.9 Å². The van der Waals surface area contributed by atoms with Gasteiger partial charge < -0.3 is 5.73 Å². The fraction of sp³-hybridized carbons (Fsp3) is 0.357. The molecule has 2 rings (SSSR count). The number of nitrogens with two attached hydrogens (primary N) is 1. The first kappa shape index (κ1) is 12.3. The zero-order chi connectivity index (χ0) is 12.5. The highest BCUT2D eigenvalue weighted by atomic mass is 32.1. The van der Waals surface area contributed by atoms with Crippen LogP contribution in [0.3, 0.4) is 0 Å². The normalized spacial score (nSPS) is 11.8. The molecule has 1 aromatic carbocycles. The molecule has 0 fully saturated rings. The number of aromatic nitrogens is 1. The number of benzene rings is 1. The van der Waals surface area contributed by atoms with Gasteiger partial charge in [0.1, 0.15) is 0 Å². The number of nitrogens with zero attached hydrogens (tertiary/aromatic N) is 1. The quantitative estimate of drug-likeness (QED) is 0.901. The summed E-state index contributed by atoms with van der Waals surface area (Å²) in [5.74, 6) is 0. The van der Waals surface area contributed by atoms with Crippen LogP contribution >= 0.6 is 11.3 Å². The van der Waals surface area contributed by atoms with Gasteiger partial charge in [0.05, 0.1) is 10.7 Å². The van der Waals surface area contributed by atoms with E-state index in [4.69, 9.17) is 5.73 Å². The van der Waals surface area contributed by atoms with Crippen LogP contribution in [-0.2, 0) is 6.42 Å². The van der Waals surface area contributed by atoms with E-state index < -0.39 is 0 Å². The molecule has 0 saturated carbocycles. The van der Waals surface area contributed by atoms with Gasteiger partial charge in [-0.25, -0.2) is 4.98 Å². The molecular weight excluding hydrogens is 228 g/mol. The van der Waals surface area contributed by atoms with Crippen molar-refractivity contribution in [2.24, 2.45) is 5.73 Å². The average molecular weight is 246 g/mol. The van der Waals surface area contributed by atoms with Gasteiger partial charge in [-0.05, 0) is 26.8 Å².